The van der Waals surface area contributed by atoms with Gasteiger partial charge in [0.2, 0.25) is 0 Å². The molecule has 0 unspecified atom stereocenters. The van der Waals surface area contributed by atoms with Crippen LogP contribution in [0.15, 0.2) is 16.6 Å². The van der Waals surface area contributed by atoms with E-state index in [1.807, 2.05) is 0 Å². The van der Waals surface area contributed by atoms with Crippen LogP contribution in [0.3, 0.4) is 0 Å². The molecular formula is C20H30BrNO2S3. The van der Waals surface area contributed by atoms with Crippen LogP contribution in [0.5, 0.6) is 0 Å². The topological polar surface area (TPSA) is 46.2 Å². The second-order valence-electron chi connectivity index (χ2n) is 9.32. The summed E-state index contributed by atoms with van der Waals surface area (Å²) in [4.78, 5) is 0. The largest absolute Gasteiger partial charge is 0.367 e. The highest BCUT2D eigenvalue weighted by molar-refractivity contribution is 9.10. The fourth-order valence-corrected chi connectivity index (χ4v) is 6.96. The first kappa shape index (κ1) is 23.2. The van der Waals surface area contributed by atoms with E-state index in [9.17, 15) is 8.42 Å². The number of benzene rings is 1. The molecule has 0 amide bonds. The van der Waals surface area contributed by atoms with Gasteiger partial charge < -0.3 is 5.32 Å². The molecule has 27 heavy (non-hydrogen) atoms. The number of rotatable bonds is 3. The van der Waals surface area contributed by atoms with Gasteiger partial charge in [-0.25, -0.2) is 8.42 Å². The monoisotopic (exact) mass is 491 g/mol. The van der Waals surface area contributed by atoms with Crippen LogP contribution >= 0.6 is 39.9 Å². The average molecular weight is 493 g/mol. The van der Waals surface area contributed by atoms with Crippen molar-refractivity contribution in [3.8, 4) is 0 Å². The number of hydrogen-bond acceptors (Lipinski definition) is 4. The molecule has 1 fully saturated rings. The second-order valence-corrected chi connectivity index (χ2v) is 14.0. The van der Waals surface area contributed by atoms with E-state index >= 15 is 0 Å². The van der Waals surface area contributed by atoms with Crippen molar-refractivity contribution < 1.29 is 8.42 Å². The summed E-state index contributed by atoms with van der Waals surface area (Å²) in [5, 5.41) is 3.21. The Morgan fingerprint density at radius 2 is 1.85 bits per heavy atom. The molecule has 3 nitrogen and oxygen atoms in total. The first-order valence-electron chi connectivity index (χ1n) is 9.16. The zero-order valence-corrected chi connectivity index (χ0v) is 21.0. The van der Waals surface area contributed by atoms with Crippen LogP contribution in [0.1, 0.15) is 64.7 Å². The van der Waals surface area contributed by atoms with Gasteiger partial charge in [0.05, 0.1) is 11.5 Å². The third-order valence-corrected chi connectivity index (χ3v) is 8.75. The Bertz CT molecular complexity index is 821. The first-order valence-corrected chi connectivity index (χ1v) is 13.2. The van der Waals surface area contributed by atoms with Gasteiger partial charge in [0.1, 0.15) is 4.32 Å². The van der Waals surface area contributed by atoms with Gasteiger partial charge in [-0.2, -0.15) is 0 Å². The summed E-state index contributed by atoms with van der Waals surface area (Å²) in [6.07, 6.45) is 0.639. The third-order valence-electron chi connectivity index (χ3n) is 4.74. The molecule has 0 bridgehead atoms. The summed E-state index contributed by atoms with van der Waals surface area (Å²) >= 11 is 10.8. The molecule has 1 aliphatic heterocycles. The molecule has 1 saturated heterocycles. The van der Waals surface area contributed by atoms with Crippen molar-refractivity contribution in [2.45, 2.75) is 70.6 Å². The molecule has 2 rings (SSSR count). The van der Waals surface area contributed by atoms with E-state index in [1.165, 1.54) is 16.7 Å². The van der Waals surface area contributed by atoms with E-state index < -0.39 is 9.84 Å². The fourth-order valence-electron chi connectivity index (χ4n) is 3.03. The lowest BCUT2D eigenvalue weighted by Gasteiger charge is -2.28. The Morgan fingerprint density at radius 3 is 2.33 bits per heavy atom. The molecule has 1 heterocycles. The quantitative estimate of drug-likeness (QED) is 0.578. The van der Waals surface area contributed by atoms with Gasteiger partial charge in [0, 0.05) is 16.3 Å². The maximum Gasteiger partial charge on any atom is 0.152 e. The van der Waals surface area contributed by atoms with Gasteiger partial charge in [-0.15, -0.1) is 0 Å². The first-order chi connectivity index (χ1) is 12.2. The van der Waals surface area contributed by atoms with E-state index in [0.717, 1.165) is 10.2 Å². The summed E-state index contributed by atoms with van der Waals surface area (Å²) in [7, 11) is -2.90. The van der Waals surface area contributed by atoms with E-state index in [2.05, 4.69) is 74.9 Å². The van der Waals surface area contributed by atoms with Crippen LogP contribution in [0, 0.1) is 0 Å². The number of thiocarbonyl (C=S) groups is 1. The number of hydrogen-bond donors (Lipinski definition) is 1. The SMILES string of the molecule is CC(C)(C)c1cc(CSC(=S)N[C@H]2CCS(=O)(=O)C2)c(Br)c(C(C)(C)C)c1. The highest BCUT2D eigenvalue weighted by atomic mass is 79.9. The Balaban J connectivity index is 2.16. The molecule has 1 aromatic rings. The Kier molecular flexibility index (Phi) is 7.15. The van der Waals surface area contributed by atoms with Crippen LogP contribution in [-0.4, -0.2) is 30.3 Å². The van der Waals surface area contributed by atoms with Gasteiger partial charge in [-0.3, -0.25) is 0 Å². The molecule has 0 spiro atoms. The number of nitrogens with one attached hydrogen (secondary N) is 1. The van der Waals surface area contributed by atoms with E-state index in [0.29, 0.717) is 10.7 Å². The predicted molar refractivity (Wildman–Crippen MR) is 126 cm³/mol. The average Bonchev–Trinajstić information content (AvgIpc) is 2.82. The van der Waals surface area contributed by atoms with E-state index in [-0.39, 0.29) is 28.4 Å². The van der Waals surface area contributed by atoms with Gasteiger partial charge >= 0.3 is 0 Å². The summed E-state index contributed by atoms with van der Waals surface area (Å²) in [6, 6.07) is 4.51. The lowest BCUT2D eigenvalue weighted by atomic mass is 9.80. The highest BCUT2D eigenvalue weighted by Gasteiger charge is 2.28. The van der Waals surface area contributed by atoms with Gasteiger partial charge in [0.15, 0.2) is 9.84 Å². The van der Waals surface area contributed by atoms with Crippen molar-refractivity contribution in [3.63, 3.8) is 0 Å². The van der Waals surface area contributed by atoms with Crippen LogP contribution in [0.4, 0.5) is 0 Å². The lowest BCUT2D eigenvalue weighted by Crippen LogP contribution is -2.32. The Morgan fingerprint density at radius 1 is 1.22 bits per heavy atom. The van der Waals surface area contributed by atoms with Crippen molar-refractivity contribution >= 4 is 54.1 Å². The summed E-state index contributed by atoms with van der Waals surface area (Å²) in [6.45, 7) is 13.4. The molecule has 0 aromatic heterocycles. The zero-order valence-electron chi connectivity index (χ0n) is 17.0. The molecule has 1 atom stereocenters. The molecule has 0 saturated carbocycles. The van der Waals surface area contributed by atoms with Crippen molar-refractivity contribution in [2.24, 2.45) is 0 Å². The minimum Gasteiger partial charge on any atom is -0.367 e. The molecule has 1 aliphatic rings. The summed E-state index contributed by atoms with van der Waals surface area (Å²) in [5.74, 6) is 1.19. The number of halogens is 1. The molecule has 7 heteroatoms. The number of thioether (sulfide) groups is 1. The molecule has 0 aliphatic carbocycles. The molecule has 152 valence electrons. The Hall–Kier alpha value is -0.110. The van der Waals surface area contributed by atoms with Crippen molar-refractivity contribution in [2.75, 3.05) is 11.5 Å². The van der Waals surface area contributed by atoms with Gasteiger partial charge in [-0.05, 0) is 33.9 Å². The van der Waals surface area contributed by atoms with Crippen LogP contribution < -0.4 is 5.32 Å². The molecule has 0 radical (unpaired) electrons. The van der Waals surface area contributed by atoms with Crippen LogP contribution in [0.25, 0.3) is 0 Å². The second kappa shape index (κ2) is 8.33. The summed E-state index contributed by atoms with van der Waals surface area (Å²) in [5.41, 5.74) is 3.94. The maximum atomic E-state index is 11.6. The maximum absolute atomic E-state index is 11.6. The highest BCUT2D eigenvalue weighted by Crippen LogP contribution is 2.38. The van der Waals surface area contributed by atoms with Crippen LogP contribution in [0.2, 0.25) is 0 Å². The minimum absolute atomic E-state index is 0.0382. The van der Waals surface area contributed by atoms with Crippen molar-refractivity contribution in [1.82, 2.24) is 5.32 Å². The smallest absolute Gasteiger partial charge is 0.152 e. The fraction of sp³-hybridized carbons (Fsp3) is 0.650. The van der Waals surface area contributed by atoms with Gasteiger partial charge in [-0.1, -0.05) is 93.6 Å². The molecule has 1 aromatic carbocycles. The Labute approximate surface area is 182 Å². The van der Waals surface area contributed by atoms with Gasteiger partial charge in [0.25, 0.3) is 0 Å². The zero-order chi connectivity index (χ0) is 20.6. The third kappa shape index (κ3) is 6.44. The molecule has 1 N–H and O–H groups in total. The van der Waals surface area contributed by atoms with Crippen LogP contribution in [-0.2, 0) is 26.4 Å². The predicted octanol–water partition coefficient (Wildman–Crippen LogP) is 5.34. The normalized spacial score (nSPS) is 19.9. The summed E-state index contributed by atoms with van der Waals surface area (Å²) < 4.78 is 25.0. The molecular weight excluding hydrogens is 462 g/mol. The lowest BCUT2D eigenvalue weighted by molar-refractivity contribution is 0.565. The minimum atomic E-state index is -2.90. The van der Waals surface area contributed by atoms with E-state index in [4.69, 9.17) is 12.2 Å². The van der Waals surface area contributed by atoms with Crippen molar-refractivity contribution in [3.05, 3.63) is 33.3 Å². The van der Waals surface area contributed by atoms with Crippen molar-refractivity contribution in [1.29, 1.82) is 0 Å². The standard InChI is InChI=1S/C20H30BrNO2S3/c1-19(2,3)14-9-13(17(21)16(10-14)20(4,5)6)11-26-18(25)22-15-7-8-27(23,24)12-15/h9-10,15H,7-8,11-12H2,1-6H3,(H,22,25)/t15-/m0/s1. The van der Waals surface area contributed by atoms with E-state index in [1.54, 1.807) is 11.8 Å². The number of sulfone groups is 1.